The Bertz CT molecular complexity index is 160. The Hall–Kier alpha value is -1.12. The number of hydrogen-bond acceptors (Lipinski definition) is 2. The minimum absolute atomic E-state index is 0.0631. The molecule has 0 bridgehead atoms. The van der Waals surface area contributed by atoms with Crippen molar-refractivity contribution in [2.75, 3.05) is 6.54 Å². The van der Waals surface area contributed by atoms with Gasteiger partial charge < -0.3 is 5.32 Å². The Labute approximate surface area is 53.5 Å². The summed E-state index contributed by atoms with van der Waals surface area (Å²) in [5, 5.41) is 2.67. The van der Waals surface area contributed by atoms with Crippen molar-refractivity contribution < 1.29 is 4.79 Å². The van der Waals surface area contributed by atoms with Crippen molar-refractivity contribution in [3.63, 3.8) is 0 Å². The lowest BCUT2D eigenvalue weighted by molar-refractivity contribution is -0.116. The van der Waals surface area contributed by atoms with E-state index in [2.05, 4.69) is 10.3 Å². The third-order valence-corrected chi connectivity index (χ3v) is 0.990. The summed E-state index contributed by atoms with van der Waals surface area (Å²) in [6.45, 7) is 0.687. The lowest BCUT2D eigenvalue weighted by atomic mass is 10.4. The molecule has 1 amide bonds. The second kappa shape index (κ2) is 3.02. The number of amides is 1. The van der Waals surface area contributed by atoms with Crippen molar-refractivity contribution in [1.29, 1.82) is 0 Å². The predicted octanol–water partition coefficient (Wildman–Crippen LogP) is 0.0908. The Morgan fingerprint density at radius 3 is 3.44 bits per heavy atom. The predicted molar refractivity (Wildman–Crippen MR) is 35.3 cm³/mol. The van der Waals surface area contributed by atoms with Gasteiger partial charge in [0.1, 0.15) is 0 Å². The Morgan fingerprint density at radius 1 is 1.67 bits per heavy atom. The molecule has 9 heavy (non-hydrogen) atoms. The molecule has 1 N–H and O–H groups in total. The summed E-state index contributed by atoms with van der Waals surface area (Å²) in [6, 6.07) is 0. The molecule has 0 unspecified atom stereocenters. The van der Waals surface area contributed by atoms with Crippen molar-refractivity contribution in [2.24, 2.45) is 4.99 Å². The standard InChI is InChI=1S/C6H8N2O/c9-6-2-5-7-3-1-4-8-6/h2-3,5H,1,4H2,(H,8,9). The van der Waals surface area contributed by atoms with Crippen LogP contribution in [0.1, 0.15) is 6.42 Å². The highest BCUT2D eigenvalue weighted by Crippen LogP contribution is 1.81. The Balaban J connectivity index is 2.54. The van der Waals surface area contributed by atoms with E-state index in [0.717, 1.165) is 6.42 Å². The van der Waals surface area contributed by atoms with Crippen molar-refractivity contribution in [3.8, 4) is 0 Å². The number of nitrogens with one attached hydrogen (secondary N) is 1. The van der Waals surface area contributed by atoms with Crippen LogP contribution >= 0.6 is 0 Å². The molecule has 0 aromatic rings. The van der Waals surface area contributed by atoms with Gasteiger partial charge in [0.25, 0.3) is 0 Å². The van der Waals surface area contributed by atoms with Crippen LogP contribution in [0.15, 0.2) is 17.3 Å². The van der Waals surface area contributed by atoms with Crippen LogP contribution in [-0.4, -0.2) is 18.7 Å². The van der Waals surface area contributed by atoms with Gasteiger partial charge in [-0.1, -0.05) is 0 Å². The van der Waals surface area contributed by atoms with E-state index in [0.29, 0.717) is 6.54 Å². The molecule has 1 aliphatic heterocycles. The van der Waals surface area contributed by atoms with Gasteiger partial charge in [0, 0.05) is 31.5 Å². The fraction of sp³-hybridized carbons (Fsp3) is 0.333. The topological polar surface area (TPSA) is 41.5 Å². The molecule has 48 valence electrons. The van der Waals surface area contributed by atoms with Crippen molar-refractivity contribution in [3.05, 3.63) is 12.3 Å². The van der Waals surface area contributed by atoms with Crippen LogP contribution in [-0.2, 0) is 4.79 Å². The normalized spacial score (nSPS) is 18.4. The zero-order chi connectivity index (χ0) is 6.53. The third kappa shape index (κ3) is 2.08. The first-order chi connectivity index (χ1) is 4.39. The summed E-state index contributed by atoms with van der Waals surface area (Å²) < 4.78 is 0. The minimum Gasteiger partial charge on any atom is -0.352 e. The fourth-order valence-electron chi connectivity index (χ4n) is 0.565. The SMILES string of the molecule is O=C1C=CN=CCCN1. The maximum Gasteiger partial charge on any atom is 0.245 e. The molecule has 0 aromatic heterocycles. The zero-order valence-corrected chi connectivity index (χ0v) is 5.00. The molecular formula is C6H8N2O. The molecule has 1 rings (SSSR count). The lowest BCUT2D eigenvalue weighted by Gasteiger charge is -1.98. The summed E-state index contributed by atoms with van der Waals surface area (Å²) in [5.74, 6) is -0.0631. The van der Waals surface area contributed by atoms with Crippen LogP contribution in [0.5, 0.6) is 0 Å². The van der Waals surface area contributed by atoms with Gasteiger partial charge in [-0.15, -0.1) is 0 Å². The minimum atomic E-state index is -0.0631. The summed E-state index contributed by atoms with van der Waals surface area (Å²) in [7, 11) is 0. The van der Waals surface area contributed by atoms with Crippen LogP contribution in [0.25, 0.3) is 0 Å². The molecule has 0 aliphatic carbocycles. The molecule has 3 heteroatoms. The molecule has 0 radical (unpaired) electrons. The number of carbonyl (C=O) groups is 1. The highest BCUT2D eigenvalue weighted by atomic mass is 16.1. The second-order valence-corrected chi connectivity index (χ2v) is 1.73. The van der Waals surface area contributed by atoms with Crippen molar-refractivity contribution >= 4 is 12.1 Å². The molecule has 3 nitrogen and oxygen atoms in total. The summed E-state index contributed by atoms with van der Waals surface area (Å²) in [6.07, 6.45) is 5.50. The van der Waals surface area contributed by atoms with Crippen molar-refractivity contribution in [2.45, 2.75) is 6.42 Å². The number of aliphatic imine (C=N–C) groups is 1. The molecule has 0 fully saturated rings. The Kier molecular flexibility index (Phi) is 2.01. The largest absolute Gasteiger partial charge is 0.352 e. The number of rotatable bonds is 0. The first kappa shape index (κ1) is 6.01. The number of hydrogen-bond donors (Lipinski definition) is 1. The fourth-order valence-corrected chi connectivity index (χ4v) is 0.565. The van der Waals surface area contributed by atoms with Crippen LogP contribution in [0.2, 0.25) is 0 Å². The van der Waals surface area contributed by atoms with Gasteiger partial charge in [-0.05, 0) is 0 Å². The smallest absolute Gasteiger partial charge is 0.245 e. The van der Waals surface area contributed by atoms with Crippen LogP contribution in [0, 0.1) is 0 Å². The van der Waals surface area contributed by atoms with Gasteiger partial charge in [0.15, 0.2) is 0 Å². The average Bonchev–Trinajstić information content (AvgIpc) is 1.79. The van der Waals surface area contributed by atoms with E-state index < -0.39 is 0 Å². The lowest BCUT2D eigenvalue weighted by Crippen LogP contribution is -2.22. The van der Waals surface area contributed by atoms with Crippen molar-refractivity contribution in [1.82, 2.24) is 5.32 Å². The van der Waals surface area contributed by atoms with Crippen LogP contribution in [0.3, 0.4) is 0 Å². The van der Waals surface area contributed by atoms with Gasteiger partial charge >= 0.3 is 0 Å². The third-order valence-electron chi connectivity index (χ3n) is 0.990. The highest BCUT2D eigenvalue weighted by molar-refractivity contribution is 5.88. The zero-order valence-electron chi connectivity index (χ0n) is 5.00. The summed E-state index contributed by atoms with van der Waals surface area (Å²) >= 11 is 0. The van der Waals surface area contributed by atoms with E-state index in [9.17, 15) is 4.79 Å². The first-order valence-electron chi connectivity index (χ1n) is 2.85. The number of carbonyl (C=O) groups excluding carboxylic acids is 1. The molecule has 0 aromatic carbocycles. The Morgan fingerprint density at radius 2 is 2.56 bits per heavy atom. The van der Waals surface area contributed by atoms with Gasteiger partial charge in [-0.2, -0.15) is 0 Å². The monoisotopic (exact) mass is 124 g/mol. The van der Waals surface area contributed by atoms with E-state index in [-0.39, 0.29) is 5.91 Å². The molecule has 0 spiro atoms. The average molecular weight is 124 g/mol. The van der Waals surface area contributed by atoms with Gasteiger partial charge in [-0.25, -0.2) is 0 Å². The quantitative estimate of drug-likeness (QED) is 0.488. The number of nitrogens with zero attached hydrogens (tertiary/aromatic N) is 1. The maximum absolute atomic E-state index is 10.6. The highest BCUT2D eigenvalue weighted by Gasteiger charge is 1.92. The molecule has 0 saturated carbocycles. The molecule has 0 saturated heterocycles. The first-order valence-corrected chi connectivity index (χ1v) is 2.85. The summed E-state index contributed by atoms with van der Waals surface area (Å²) in [5.41, 5.74) is 0. The summed E-state index contributed by atoms with van der Waals surface area (Å²) in [4.78, 5) is 14.4. The van der Waals surface area contributed by atoms with Gasteiger partial charge in [-0.3, -0.25) is 9.79 Å². The van der Waals surface area contributed by atoms with Crippen LogP contribution < -0.4 is 5.32 Å². The van der Waals surface area contributed by atoms with E-state index in [1.54, 1.807) is 6.21 Å². The molecule has 1 heterocycles. The molecule has 1 aliphatic rings. The maximum atomic E-state index is 10.6. The van der Waals surface area contributed by atoms with Gasteiger partial charge in [0.05, 0.1) is 0 Å². The van der Waals surface area contributed by atoms with Crippen LogP contribution in [0.4, 0.5) is 0 Å². The molecular weight excluding hydrogens is 116 g/mol. The van der Waals surface area contributed by atoms with E-state index in [1.807, 2.05) is 0 Å². The van der Waals surface area contributed by atoms with E-state index in [1.165, 1.54) is 12.3 Å². The van der Waals surface area contributed by atoms with E-state index >= 15 is 0 Å². The molecule has 0 atom stereocenters. The second-order valence-electron chi connectivity index (χ2n) is 1.73. The van der Waals surface area contributed by atoms with E-state index in [4.69, 9.17) is 0 Å². The van der Waals surface area contributed by atoms with Gasteiger partial charge in [0.2, 0.25) is 5.91 Å².